The molecule has 0 aliphatic carbocycles. The SMILES string of the molecule is C=CCCC(NCC)C(C)OCC. The summed E-state index contributed by atoms with van der Waals surface area (Å²) in [5.74, 6) is 0. The van der Waals surface area contributed by atoms with Crippen LogP contribution in [0.15, 0.2) is 12.7 Å². The van der Waals surface area contributed by atoms with Crippen LogP contribution >= 0.6 is 0 Å². The Hall–Kier alpha value is -0.340. The van der Waals surface area contributed by atoms with Crippen molar-refractivity contribution in [2.24, 2.45) is 0 Å². The van der Waals surface area contributed by atoms with Gasteiger partial charge in [-0.05, 0) is 33.2 Å². The lowest BCUT2D eigenvalue weighted by atomic mass is 10.1. The van der Waals surface area contributed by atoms with Crippen molar-refractivity contribution in [3.63, 3.8) is 0 Å². The van der Waals surface area contributed by atoms with Gasteiger partial charge in [-0.25, -0.2) is 0 Å². The molecule has 0 aromatic rings. The normalized spacial score (nSPS) is 15.3. The van der Waals surface area contributed by atoms with E-state index in [1.807, 2.05) is 13.0 Å². The molecule has 0 radical (unpaired) electrons. The Morgan fingerprint density at radius 1 is 1.46 bits per heavy atom. The maximum Gasteiger partial charge on any atom is 0.0699 e. The lowest BCUT2D eigenvalue weighted by molar-refractivity contribution is 0.0459. The Balaban J connectivity index is 3.82. The minimum atomic E-state index is 0.296. The van der Waals surface area contributed by atoms with Crippen LogP contribution in [-0.4, -0.2) is 25.3 Å². The highest BCUT2D eigenvalue weighted by atomic mass is 16.5. The average molecular weight is 185 g/mol. The average Bonchev–Trinajstić information content (AvgIpc) is 2.12. The van der Waals surface area contributed by atoms with Gasteiger partial charge in [0.05, 0.1) is 6.10 Å². The van der Waals surface area contributed by atoms with Gasteiger partial charge >= 0.3 is 0 Å². The molecule has 0 spiro atoms. The summed E-state index contributed by atoms with van der Waals surface area (Å²) in [6.45, 7) is 11.8. The third kappa shape index (κ3) is 5.83. The van der Waals surface area contributed by atoms with Crippen LogP contribution < -0.4 is 5.32 Å². The van der Waals surface area contributed by atoms with Crippen LogP contribution in [0.3, 0.4) is 0 Å². The van der Waals surface area contributed by atoms with Crippen LogP contribution in [0.2, 0.25) is 0 Å². The summed E-state index contributed by atoms with van der Waals surface area (Å²) in [4.78, 5) is 0. The molecule has 0 aromatic heterocycles. The number of nitrogens with one attached hydrogen (secondary N) is 1. The number of likely N-dealkylation sites (N-methyl/N-ethyl adjacent to an activating group) is 1. The topological polar surface area (TPSA) is 21.3 Å². The summed E-state index contributed by atoms with van der Waals surface area (Å²) < 4.78 is 5.56. The van der Waals surface area contributed by atoms with Gasteiger partial charge < -0.3 is 10.1 Å². The number of allylic oxidation sites excluding steroid dienone is 1. The van der Waals surface area contributed by atoms with E-state index < -0.39 is 0 Å². The maximum absolute atomic E-state index is 5.56. The second-order valence-corrected chi connectivity index (χ2v) is 3.19. The molecule has 0 rings (SSSR count). The monoisotopic (exact) mass is 185 g/mol. The van der Waals surface area contributed by atoms with Crippen molar-refractivity contribution in [1.29, 1.82) is 0 Å². The van der Waals surface area contributed by atoms with Crippen LogP contribution in [0.1, 0.15) is 33.6 Å². The van der Waals surface area contributed by atoms with Crippen molar-refractivity contribution < 1.29 is 4.74 Å². The van der Waals surface area contributed by atoms with Gasteiger partial charge in [-0.3, -0.25) is 0 Å². The summed E-state index contributed by atoms with van der Waals surface area (Å²) >= 11 is 0. The summed E-state index contributed by atoms with van der Waals surface area (Å²) in [6.07, 6.45) is 4.42. The van der Waals surface area contributed by atoms with Gasteiger partial charge in [-0.1, -0.05) is 13.0 Å². The second kappa shape index (κ2) is 8.27. The molecule has 2 heteroatoms. The predicted octanol–water partition coefficient (Wildman–Crippen LogP) is 2.36. The van der Waals surface area contributed by atoms with Gasteiger partial charge in [-0.2, -0.15) is 0 Å². The van der Waals surface area contributed by atoms with Crippen molar-refractivity contribution in [3.05, 3.63) is 12.7 Å². The Morgan fingerprint density at radius 3 is 2.62 bits per heavy atom. The third-order valence-electron chi connectivity index (χ3n) is 2.14. The van der Waals surface area contributed by atoms with Crippen molar-refractivity contribution in [2.45, 2.75) is 45.8 Å². The van der Waals surface area contributed by atoms with Gasteiger partial charge in [0, 0.05) is 12.6 Å². The standard InChI is InChI=1S/C11H23NO/c1-5-8-9-11(12-6-2)10(4)13-7-3/h5,10-12H,1,6-9H2,2-4H3. The summed E-state index contributed by atoms with van der Waals surface area (Å²) in [6, 6.07) is 0.461. The zero-order chi connectivity index (χ0) is 10.1. The maximum atomic E-state index is 5.56. The Bertz CT molecular complexity index is 125. The first kappa shape index (κ1) is 12.7. The minimum Gasteiger partial charge on any atom is -0.377 e. The highest BCUT2D eigenvalue weighted by Crippen LogP contribution is 2.06. The van der Waals surface area contributed by atoms with Gasteiger partial charge in [0.25, 0.3) is 0 Å². The van der Waals surface area contributed by atoms with E-state index in [-0.39, 0.29) is 0 Å². The molecule has 2 atom stereocenters. The molecule has 13 heavy (non-hydrogen) atoms. The van der Waals surface area contributed by atoms with Crippen molar-refractivity contribution in [2.75, 3.05) is 13.2 Å². The van der Waals surface area contributed by atoms with Crippen LogP contribution in [-0.2, 0) is 4.74 Å². The summed E-state index contributed by atoms with van der Waals surface area (Å²) in [5, 5.41) is 3.43. The molecule has 2 unspecified atom stereocenters. The molecular weight excluding hydrogens is 162 g/mol. The second-order valence-electron chi connectivity index (χ2n) is 3.19. The molecule has 0 aliphatic heterocycles. The van der Waals surface area contributed by atoms with E-state index in [9.17, 15) is 0 Å². The van der Waals surface area contributed by atoms with Gasteiger partial charge in [0.2, 0.25) is 0 Å². The van der Waals surface area contributed by atoms with Crippen LogP contribution in [0, 0.1) is 0 Å². The molecule has 78 valence electrons. The number of ether oxygens (including phenoxy) is 1. The quantitative estimate of drug-likeness (QED) is 0.586. The van der Waals surface area contributed by atoms with E-state index in [1.165, 1.54) is 0 Å². The third-order valence-corrected chi connectivity index (χ3v) is 2.14. The zero-order valence-corrected chi connectivity index (χ0v) is 9.18. The molecule has 0 saturated carbocycles. The highest BCUT2D eigenvalue weighted by Gasteiger charge is 2.14. The molecule has 0 saturated heterocycles. The van der Waals surface area contributed by atoms with Gasteiger partial charge in [-0.15, -0.1) is 6.58 Å². The molecule has 0 fully saturated rings. The molecular formula is C11H23NO. The minimum absolute atomic E-state index is 0.296. The Labute approximate surface area is 82.4 Å². The first-order valence-electron chi connectivity index (χ1n) is 5.22. The number of rotatable bonds is 8. The lowest BCUT2D eigenvalue weighted by Crippen LogP contribution is -2.39. The van der Waals surface area contributed by atoms with E-state index in [0.717, 1.165) is 26.0 Å². The van der Waals surface area contributed by atoms with E-state index in [2.05, 4.69) is 25.7 Å². The molecule has 0 amide bonds. The summed E-state index contributed by atoms with van der Waals surface area (Å²) in [5.41, 5.74) is 0. The van der Waals surface area contributed by atoms with E-state index in [0.29, 0.717) is 12.1 Å². The number of hydrogen-bond donors (Lipinski definition) is 1. The Kier molecular flexibility index (Phi) is 8.05. The zero-order valence-electron chi connectivity index (χ0n) is 9.18. The first-order chi connectivity index (χ1) is 6.26. The van der Waals surface area contributed by atoms with Gasteiger partial charge in [0.15, 0.2) is 0 Å². The van der Waals surface area contributed by atoms with Crippen molar-refractivity contribution >= 4 is 0 Å². The van der Waals surface area contributed by atoms with Crippen molar-refractivity contribution in [3.8, 4) is 0 Å². The molecule has 1 N–H and O–H groups in total. The molecule has 0 aromatic carbocycles. The van der Waals surface area contributed by atoms with E-state index in [4.69, 9.17) is 4.74 Å². The fourth-order valence-corrected chi connectivity index (χ4v) is 1.44. The van der Waals surface area contributed by atoms with Gasteiger partial charge in [0.1, 0.15) is 0 Å². The Morgan fingerprint density at radius 2 is 2.15 bits per heavy atom. The first-order valence-corrected chi connectivity index (χ1v) is 5.22. The molecule has 0 aliphatic rings. The van der Waals surface area contributed by atoms with E-state index in [1.54, 1.807) is 0 Å². The molecule has 0 heterocycles. The van der Waals surface area contributed by atoms with Crippen molar-refractivity contribution in [1.82, 2.24) is 5.32 Å². The van der Waals surface area contributed by atoms with Crippen LogP contribution in [0.25, 0.3) is 0 Å². The predicted molar refractivity (Wildman–Crippen MR) is 58.0 cm³/mol. The van der Waals surface area contributed by atoms with E-state index >= 15 is 0 Å². The highest BCUT2D eigenvalue weighted by molar-refractivity contribution is 4.77. The fraction of sp³-hybridized carbons (Fsp3) is 0.818. The summed E-state index contributed by atoms with van der Waals surface area (Å²) in [7, 11) is 0. The number of hydrogen-bond acceptors (Lipinski definition) is 2. The largest absolute Gasteiger partial charge is 0.377 e. The van der Waals surface area contributed by atoms with Crippen LogP contribution in [0.4, 0.5) is 0 Å². The molecule has 0 bridgehead atoms. The lowest BCUT2D eigenvalue weighted by Gasteiger charge is -2.24. The smallest absolute Gasteiger partial charge is 0.0699 e. The van der Waals surface area contributed by atoms with Crippen LogP contribution in [0.5, 0.6) is 0 Å². The fourth-order valence-electron chi connectivity index (χ4n) is 1.44. The molecule has 2 nitrogen and oxygen atoms in total.